The van der Waals surface area contributed by atoms with E-state index in [1.54, 1.807) is 11.0 Å². The van der Waals surface area contributed by atoms with Crippen molar-refractivity contribution in [1.29, 1.82) is 0 Å². The first-order valence-corrected chi connectivity index (χ1v) is 8.50. The number of hydrogen-bond donors (Lipinski definition) is 1. The van der Waals surface area contributed by atoms with Gasteiger partial charge in [-0.25, -0.2) is 14.4 Å². The Morgan fingerprint density at radius 3 is 2.76 bits per heavy atom. The fraction of sp³-hybridized carbons (Fsp3) is 0.235. The molecule has 1 amide bonds. The summed E-state index contributed by atoms with van der Waals surface area (Å²) in [6.45, 7) is 2.45. The van der Waals surface area contributed by atoms with Crippen LogP contribution in [0.25, 0.3) is 10.9 Å². The van der Waals surface area contributed by atoms with E-state index in [0.717, 1.165) is 34.6 Å². The molecule has 0 fully saturated rings. The molecule has 5 nitrogen and oxygen atoms in total. The first-order valence-electron chi connectivity index (χ1n) is 7.74. The van der Waals surface area contributed by atoms with Crippen LogP contribution < -0.4 is 0 Å². The van der Waals surface area contributed by atoms with Gasteiger partial charge >= 0.3 is 0 Å². The topological polar surface area (TPSA) is 61.9 Å². The van der Waals surface area contributed by atoms with Gasteiger partial charge in [0.2, 0.25) is 5.82 Å². The zero-order valence-electron chi connectivity index (χ0n) is 13.2. The summed E-state index contributed by atoms with van der Waals surface area (Å²) in [4.78, 5) is 25.3. The summed E-state index contributed by atoms with van der Waals surface area (Å²) >= 11 is 12.4. The quantitative estimate of drug-likeness (QED) is 0.691. The van der Waals surface area contributed by atoms with Crippen molar-refractivity contribution in [2.75, 3.05) is 6.54 Å². The van der Waals surface area contributed by atoms with Crippen molar-refractivity contribution in [3.8, 4) is 0 Å². The van der Waals surface area contributed by atoms with Gasteiger partial charge in [0.1, 0.15) is 0 Å². The molecule has 25 heavy (non-hydrogen) atoms. The predicted molar refractivity (Wildman–Crippen MR) is 93.5 cm³/mol. The third kappa shape index (κ3) is 2.56. The number of rotatable bonds is 1. The number of carbonyl (C=O) groups is 1. The first kappa shape index (κ1) is 16.3. The van der Waals surface area contributed by atoms with Crippen LogP contribution in [0, 0.1) is 5.82 Å². The molecule has 8 heteroatoms. The van der Waals surface area contributed by atoms with Crippen LogP contribution in [-0.4, -0.2) is 32.3 Å². The SMILES string of the molecule is C[C@H]1c2c([nH]c3c(Cl)c(Cl)ccc23)CCN1C(=O)c1ncc(F)cn1. The van der Waals surface area contributed by atoms with Crippen molar-refractivity contribution in [2.45, 2.75) is 19.4 Å². The summed E-state index contributed by atoms with van der Waals surface area (Å²) in [5, 5.41) is 1.89. The normalized spacial score (nSPS) is 17.0. The molecule has 1 N–H and O–H groups in total. The maximum atomic E-state index is 13.0. The van der Waals surface area contributed by atoms with Crippen molar-refractivity contribution < 1.29 is 9.18 Å². The molecule has 4 rings (SSSR count). The molecule has 0 radical (unpaired) electrons. The average Bonchev–Trinajstić information content (AvgIpc) is 2.99. The molecule has 0 saturated heterocycles. The smallest absolute Gasteiger partial charge is 0.292 e. The van der Waals surface area contributed by atoms with E-state index < -0.39 is 5.82 Å². The maximum Gasteiger partial charge on any atom is 0.292 e. The third-order valence-electron chi connectivity index (χ3n) is 4.55. The number of nitrogens with zero attached hydrogens (tertiary/aromatic N) is 3. The molecule has 0 saturated carbocycles. The number of hydrogen-bond acceptors (Lipinski definition) is 3. The number of benzene rings is 1. The van der Waals surface area contributed by atoms with Gasteiger partial charge in [0.15, 0.2) is 5.82 Å². The molecule has 0 aliphatic carbocycles. The highest BCUT2D eigenvalue weighted by Gasteiger charge is 2.32. The van der Waals surface area contributed by atoms with Crippen LogP contribution >= 0.6 is 23.2 Å². The van der Waals surface area contributed by atoms with Crippen LogP contribution in [0.2, 0.25) is 10.0 Å². The molecule has 0 spiro atoms. The van der Waals surface area contributed by atoms with Crippen molar-refractivity contribution in [3.05, 3.63) is 57.5 Å². The Bertz CT molecular complexity index is 986. The summed E-state index contributed by atoms with van der Waals surface area (Å²) in [6.07, 6.45) is 2.64. The third-order valence-corrected chi connectivity index (χ3v) is 5.35. The van der Waals surface area contributed by atoms with E-state index in [1.807, 2.05) is 13.0 Å². The van der Waals surface area contributed by atoms with Gasteiger partial charge in [-0.2, -0.15) is 0 Å². The number of fused-ring (bicyclic) bond motifs is 3. The van der Waals surface area contributed by atoms with Crippen LogP contribution in [0.4, 0.5) is 4.39 Å². The van der Waals surface area contributed by atoms with Crippen LogP contribution in [0.1, 0.15) is 34.8 Å². The largest absolute Gasteiger partial charge is 0.357 e. The Kier molecular flexibility index (Phi) is 3.89. The Morgan fingerprint density at radius 2 is 2.04 bits per heavy atom. The van der Waals surface area contributed by atoms with E-state index in [2.05, 4.69) is 15.0 Å². The number of amides is 1. The van der Waals surface area contributed by atoms with Crippen LogP contribution in [-0.2, 0) is 6.42 Å². The lowest BCUT2D eigenvalue weighted by Crippen LogP contribution is -2.39. The molecule has 0 unspecified atom stereocenters. The average molecular weight is 379 g/mol. The molecular weight excluding hydrogens is 366 g/mol. The second-order valence-electron chi connectivity index (χ2n) is 5.95. The molecule has 1 aliphatic rings. The van der Waals surface area contributed by atoms with Gasteiger partial charge < -0.3 is 9.88 Å². The van der Waals surface area contributed by atoms with E-state index >= 15 is 0 Å². The Balaban J connectivity index is 1.76. The monoisotopic (exact) mass is 378 g/mol. The van der Waals surface area contributed by atoms with Crippen LogP contribution in [0.15, 0.2) is 24.5 Å². The lowest BCUT2D eigenvalue weighted by molar-refractivity contribution is 0.0665. The summed E-state index contributed by atoms with van der Waals surface area (Å²) in [7, 11) is 0. The van der Waals surface area contributed by atoms with Crippen LogP contribution in [0.3, 0.4) is 0 Å². The fourth-order valence-corrected chi connectivity index (χ4v) is 3.73. The minimum atomic E-state index is -0.575. The zero-order chi connectivity index (χ0) is 17.7. The Hall–Kier alpha value is -2.18. The van der Waals surface area contributed by atoms with Crippen molar-refractivity contribution in [3.63, 3.8) is 0 Å². The lowest BCUT2D eigenvalue weighted by atomic mass is 9.97. The molecule has 1 aliphatic heterocycles. The second kappa shape index (κ2) is 5.97. The number of aromatic amines is 1. The molecular formula is C17H13Cl2FN4O. The van der Waals surface area contributed by atoms with Crippen molar-refractivity contribution in [1.82, 2.24) is 19.9 Å². The van der Waals surface area contributed by atoms with E-state index in [0.29, 0.717) is 23.0 Å². The zero-order valence-corrected chi connectivity index (χ0v) is 14.7. The predicted octanol–water partition coefficient (Wildman–Crippen LogP) is 4.16. The van der Waals surface area contributed by atoms with Crippen molar-refractivity contribution >= 4 is 40.0 Å². The highest BCUT2D eigenvalue weighted by atomic mass is 35.5. The summed E-state index contributed by atoms with van der Waals surface area (Å²) in [5.74, 6) is -0.918. The van der Waals surface area contributed by atoms with Gasteiger partial charge in [0.05, 0.1) is 34.0 Å². The van der Waals surface area contributed by atoms with E-state index in [1.165, 1.54) is 0 Å². The van der Waals surface area contributed by atoms with Gasteiger partial charge in [0, 0.05) is 29.6 Å². The molecule has 3 heterocycles. The number of halogens is 3. The van der Waals surface area contributed by atoms with E-state index in [9.17, 15) is 9.18 Å². The summed E-state index contributed by atoms with van der Waals surface area (Å²) < 4.78 is 13.0. The highest BCUT2D eigenvalue weighted by Crippen LogP contribution is 2.40. The van der Waals surface area contributed by atoms with E-state index in [-0.39, 0.29) is 17.8 Å². The minimum absolute atomic E-state index is 0.0161. The molecule has 2 aromatic heterocycles. The lowest BCUT2D eigenvalue weighted by Gasteiger charge is -2.33. The standard InChI is InChI=1S/C17H13Cl2FN4O/c1-8-13-10-2-3-11(18)14(19)15(10)23-12(13)4-5-24(8)17(25)16-21-6-9(20)7-22-16/h2-3,6-8,23H,4-5H2,1H3/t8-/m0/s1. The summed E-state index contributed by atoms with van der Waals surface area (Å²) in [5.41, 5.74) is 2.82. The maximum absolute atomic E-state index is 13.0. The molecule has 3 aromatic rings. The van der Waals surface area contributed by atoms with Gasteiger partial charge in [-0.3, -0.25) is 4.79 Å². The number of aromatic nitrogens is 3. The van der Waals surface area contributed by atoms with Gasteiger partial charge in [-0.1, -0.05) is 29.3 Å². The van der Waals surface area contributed by atoms with Gasteiger partial charge in [-0.05, 0) is 13.0 Å². The van der Waals surface area contributed by atoms with E-state index in [4.69, 9.17) is 23.2 Å². The molecule has 1 atom stereocenters. The second-order valence-corrected chi connectivity index (χ2v) is 6.74. The highest BCUT2D eigenvalue weighted by molar-refractivity contribution is 6.45. The number of nitrogens with one attached hydrogen (secondary N) is 1. The van der Waals surface area contributed by atoms with Gasteiger partial charge in [0.25, 0.3) is 5.91 Å². The fourth-order valence-electron chi connectivity index (χ4n) is 3.36. The minimum Gasteiger partial charge on any atom is -0.357 e. The number of H-pyrrole nitrogens is 1. The Morgan fingerprint density at radius 1 is 1.32 bits per heavy atom. The Labute approximate surface area is 152 Å². The molecule has 1 aromatic carbocycles. The number of carbonyl (C=O) groups excluding carboxylic acids is 1. The van der Waals surface area contributed by atoms with Crippen molar-refractivity contribution in [2.24, 2.45) is 0 Å². The van der Waals surface area contributed by atoms with Crippen LogP contribution in [0.5, 0.6) is 0 Å². The molecule has 128 valence electrons. The molecule has 0 bridgehead atoms. The summed E-state index contributed by atoms with van der Waals surface area (Å²) in [6, 6.07) is 3.45. The first-order chi connectivity index (χ1) is 12.0. The van der Waals surface area contributed by atoms with Gasteiger partial charge in [-0.15, -0.1) is 0 Å².